The summed E-state index contributed by atoms with van der Waals surface area (Å²) in [5.41, 5.74) is 0.922. The second kappa shape index (κ2) is 8.43. The normalized spacial score (nSPS) is 22.0. The number of nitrogens with one attached hydrogen (secondary N) is 1. The third kappa shape index (κ3) is 4.78. The van der Waals surface area contributed by atoms with Crippen LogP contribution in [0.15, 0.2) is 29.2 Å². The lowest BCUT2D eigenvalue weighted by Gasteiger charge is -2.32. The van der Waals surface area contributed by atoms with E-state index in [4.69, 9.17) is 9.47 Å². The molecule has 1 aromatic carbocycles. The summed E-state index contributed by atoms with van der Waals surface area (Å²) >= 11 is 0. The molecule has 0 spiro atoms. The van der Waals surface area contributed by atoms with Gasteiger partial charge in [0.15, 0.2) is 0 Å². The number of sulfonamides is 1. The zero-order chi connectivity index (χ0) is 18.4. The zero-order valence-electron chi connectivity index (χ0n) is 14.3. The number of carbonyl (C=O) groups excluding carboxylic acids is 1. The predicted molar refractivity (Wildman–Crippen MR) is 90.0 cm³/mol. The van der Waals surface area contributed by atoms with Crippen LogP contribution in [-0.4, -0.2) is 39.7 Å². The van der Waals surface area contributed by atoms with E-state index in [-0.39, 0.29) is 11.5 Å². The molecule has 0 bridgehead atoms. The Hall–Kier alpha value is -1.95. The molecular formula is C17H22N2O5S. The summed E-state index contributed by atoms with van der Waals surface area (Å²) in [5, 5.41) is 9.26. The van der Waals surface area contributed by atoms with Crippen LogP contribution in [0.1, 0.15) is 25.3 Å². The second-order valence-corrected chi connectivity index (χ2v) is 7.60. The highest BCUT2D eigenvalue weighted by Crippen LogP contribution is 2.26. The number of hydrogen-bond donors (Lipinski definition) is 1. The van der Waals surface area contributed by atoms with Crippen LogP contribution in [0.2, 0.25) is 0 Å². The van der Waals surface area contributed by atoms with Crippen molar-refractivity contribution in [1.82, 2.24) is 4.72 Å². The van der Waals surface area contributed by atoms with Crippen molar-refractivity contribution < 1.29 is 22.7 Å². The van der Waals surface area contributed by atoms with Crippen LogP contribution in [0.25, 0.3) is 0 Å². The summed E-state index contributed by atoms with van der Waals surface area (Å²) in [4.78, 5) is 12.4. The number of hydrogen-bond acceptors (Lipinski definition) is 6. The number of esters is 1. The van der Waals surface area contributed by atoms with Gasteiger partial charge >= 0.3 is 5.97 Å². The fourth-order valence-electron chi connectivity index (χ4n) is 2.77. The number of ether oxygens (including phenoxy) is 2. The van der Waals surface area contributed by atoms with Crippen molar-refractivity contribution in [3.63, 3.8) is 0 Å². The Kier molecular flexibility index (Phi) is 6.53. The van der Waals surface area contributed by atoms with Crippen LogP contribution in [0.5, 0.6) is 0 Å². The fourth-order valence-corrected chi connectivity index (χ4v) is 4.01. The molecule has 136 valence electrons. The summed E-state index contributed by atoms with van der Waals surface area (Å²) in [6.45, 7) is 4.02. The molecule has 0 radical (unpaired) electrons. The Morgan fingerprint density at radius 2 is 2.12 bits per heavy atom. The minimum Gasteiger partial charge on any atom is -0.465 e. The molecule has 1 aliphatic heterocycles. The number of aryl methyl sites for hydroxylation is 1. The van der Waals surface area contributed by atoms with Crippen molar-refractivity contribution in [2.24, 2.45) is 5.92 Å². The summed E-state index contributed by atoms with van der Waals surface area (Å²) in [6.07, 6.45) is 0.284. The lowest BCUT2D eigenvalue weighted by molar-refractivity contribution is -0.149. The molecule has 1 aliphatic rings. The van der Waals surface area contributed by atoms with E-state index in [2.05, 4.69) is 4.72 Å². The standard InChI is InChI=1S/C17H22N2O5S/c1-3-23-17(20)16(14-5-4-10-24-15(14)11-18)19-25(21,22)13-8-6-12(2)7-9-13/h6-9,14-16,19H,3-5,10H2,1-2H3/t14-,15-,16-/m1/s1. The Balaban J connectivity index is 2.30. The van der Waals surface area contributed by atoms with Gasteiger partial charge in [-0.3, -0.25) is 4.79 Å². The first-order chi connectivity index (χ1) is 11.9. The Morgan fingerprint density at radius 1 is 1.44 bits per heavy atom. The van der Waals surface area contributed by atoms with Crippen molar-refractivity contribution in [2.75, 3.05) is 13.2 Å². The van der Waals surface area contributed by atoms with Crippen LogP contribution in [0.3, 0.4) is 0 Å². The highest BCUT2D eigenvalue weighted by Gasteiger charge is 2.40. The molecule has 0 unspecified atom stereocenters. The van der Waals surface area contributed by atoms with E-state index in [0.717, 1.165) is 5.56 Å². The SMILES string of the molecule is CCOC(=O)[C@H](NS(=O)(=O)c1ccc(C)cc1)[C@@H]1CCCO[C@@H]1C#N. The molecule has 0 aromatic heterocycles. The molecule has 1 saturated heterocycles. The van der Waals surface area contributed by atoms with Gasteiger partial charge in [-0.2, -0.15) is 9.98 Å². The number of benzene rings is 1. The Labute approximate surface area is 148 Å². The zero-order valence-corrected chi connectivity index (χ0v) is 15.1. The average Bonchev–Trinajstić information content (AvgIpc) is 2.60. The van der Waals surface area contributed by atoms with Crippen molar-refractivity contribution in [3.8, 4) is 6.07 Å². The molecule has 1 aromatic rings. The smallest absolute Gasteiger partial charge is 0.324 e. The van der Waals surface area contributed by atoms with E-state index in [1.807, 2.05) is 13.0 Å². The molecule has 0 saturated carbocycles. The van der Waals surface area contributed by atoms with Gasteiger partial charge in [0.1, 0.15) is 12.1 Å². The molecular weight excluding hydrogens is 344 g/mol. The van der Waals surface area contributed by atoms with Crippen LogP contribution < -0.4 is 4.72 Å². The topological polar surface area (TPSA) is 105 Å². The van der Waals surface area contributed by atoms with Gasteiger partial charge in [0.25, 0.3) is 0 Å². The van der Waals surface area contributed by atoms with Crippen LogP contribution in [0, 0.1) is 24.2 Å². The van der Waals surface area contributed by atoms with Crippen molar-refractivity contribution in [3.05, 3.63) is 29.8 Å². The van der Waals surface area contributed by atoms with Gasteiger partial charge in [0.2, 0.25) is 10.0 Å². The summed E-state index contributed by atoms with van der Waals surface area (Å²) in [6, 6.07) is 7.12. The molecule has 8 heteroatoms. The van der Waals surface area contributed by atoms with Gasteiger partial charge in [-0.05, 0) is 38.8 Å². The molecule has 25 heavy (non-hydrogen) atoms. The molecule has 3 atom stereocenters. The average molecular weight is 366 g/mol. The van der Waals surface area contributed by atoms with Crippen LogP contribution in [-0.2, 0) is 24.3 Å². The van der Waals surface area contributed by atoms with E-state index < -0.39 is 34.1 Å². The summed E-state index contributed by atoms with van der Waals surface area (Å²) in [5.74, 6) is -1.30. The van der Waals surface area contributed by atoms with E-state index in [0.29, 0.717) is 19.4 Å². The lowest BCUT2D eigenvalue weighted by Crippen LogP contribution is -2.51. The quantitative estimate of drug-likeness (QED) is 0.765. The Morgan fingerprint density at radius 3 is 2.72 bits per heavy atom. The van der Waals surface area contributed by atoms with Gasteiger partial charge in [0, 0.05) is 12.5 Å². The first-order valence-corrected chi connectivity index (χ1v) is 9.64. The number of carbonyl (C=O) groups is 1. The van der Waals surface area contributed by atoms with Gasteiger partial charge in [-0.15, -0.1) is 0 Å². The first-order valence-electron chi connectivity index (χ1n) is 8.16. The third-order valence-corrected chi connectivity index (χ3v) is 5.53. The summed E-state index contributed by atoms with van der Waals surface area (Å²) in [7, 11) is -3.94. The number of rotatable bonds is 6. The highest BCUT2D eigenvalue weighted by atomic mass is 32.2. The summed E-state index contributed by atoms with van der Waals surface area (Å²) < 4.78 is 38.1. The highest BCUT2D eigenvalue weighted by molar-refractivity contribution is 7.89. The molecule has 1 N–H and O–H groups in total. The molecule has 0 aliphatic carbocycles. The van der Waals surface area contributed by atoms with Crippen LogP contribution >= 0.6 is 0 Å². The maximum atomic E-state index is 12.7. The largest absolute Gasteiger partial charge is 0.465 e. The molecule has 0 amide bonds. The molecule has 2 rings (SSSR count). The second-order valence-electron chi connectivity index (χ2n) is 5.89. The van der Waals surface area contributed by atoms with Crippen LogP contribution in [0.4, 0.5) is 0 Å². The van der Waals surface area contributed by atoms with Gasteiger partial charge in [-0.25, -0.2) is 8.42 Å². The fraction of sp³-hybridized carbons (Fsp3) is 0.529. The number of nitriles is 1. The Bertz CT molecular complexity index is 739. The molecule has 7 nitrogen and oxygen atoms in total. The van der Waals surface area contributed by atoms with E-state index in [1.54, 1.807) is 19.1 Å². The maximum absolute atomic E-state index is 12.7. The van der Waals surface area contributed by atoms with Gasteiger partial charge in [-0.1, -0.05) is 17.7 Å². The predicted octanol–water partition coefficient (Wildman–Crippen LogP) is 1.52. The van der Waals surface area contributed by atoms with Crippen molar-refractivity contribution in [2.45, 2.75) is 43.7 Å². The maximum Gasteiger partial charge on any atom is 0.324 e. The lowest BCUT2D eigenvalue weighted by atomic mass is 9.88. The van der Waals surface area contributed by atoms with E-state index >= 15 is 0 Å². The minimum atomic E-state index is -3.94. The van der Waals surface area contributed by atoms with Crippen molar-refractivity contribution >= 4 is 16.0 Å². The molecule has 1 heterocycles. The monoisotopic (exact) mass is 366 g/mol. The third-order valence-electron chi connectivity index (χ3n) is 4.08. The number of nitrogens with zero attached hydrogens (tertiary/aromatic N) is 1. The first kappa shape index (κ1) is 19.4. The van der Waals surface area contributed by atoms with E-state index in [9.17, 15) is 18.5 Å². The van der Waals surface area contributed by atoms with Crippen molar-refractivity contribution in [1.29, 1.82) is 5.26 Å². The minimum absolute atomic E-state index is 0.0534. The van der Waals surface area contributed by atoms with E-state index in [1.165, 1.54) is 12.1 Å². The van der Waals surface area contributed by atoms with Gasteiger partial charge in [0.05, 0.1) is 17.6 Å². The molecule has 1 fully saturated rings. The van der Waals surface area contributed by atoms with Gasteiger partial charge < -0.3 is 9.47 Å².